The molecule has 0 atom stereocenters. The standard InChI is InChI=1S/C17H23F2NO2/c1-16(2,8-9-21)11-20-15(22)17(6-3-7-17)13-5-4-12(18)10-14(13)19/h4-5,10,21H,3,6-9,11H2,1-2H3,(H,20,22). The van der Waals surface area contributed by atoms with E-state index in [1.807, 2.05) is 13.8 Å². The summed E-state index contributed by atoms with van der Waals surface area (Å²) in [6.45, 7) is 4.38. The summed E-state index contributed by atoms with van der Waals surface area (Å²) in [6, 6.07) is 3.40. The molecule has 22 heavy (non-hydrogen) atoms. The molecule has 1 aliphatic rings. The molecule has 0 aliphatic heterocycles. The van der Waals surface area contributed by atoms with Gasteiger partial charge < -0.3 is 10.4 Å². The van der Waals surface area contributed by atoms with Gasteiger partial charge in [0, 0.05) is 24.8 Å². The van der Waals surface area contributed by atoms with Crippen molar-refractivity contribution in [3.8, 4) is 0 Å². The van der Waals surface area contributed by atoms with Crippen molar-refractivity contribution < 1.29 is 18.7 Å². The molecule has 1 fully saturated rings. The lowest BCUT2D eigenvalue weighted by Crippen LogP contribution is -2.51. The number of nitrogens with one attached hydrogen (secondary N) is 1. The summed E-state index contributed by atoms with van der Waals surface area (Å²) in [4.78, 5) is 12.6. The first kappa shape index (κ1) is 16.9. The molecule has 1 amide bonds. The van der Waals surface area contributed by atoms with E-state index < -0.39 is 17.0 Å². The van der Waals surface area contributed by atoms with Gasteiger partial charge in [-0.1, -0.05) is 26.3 Å². The van der Waals surface area contributed by atoms with Crippen LogP contribution in [-0.2, 0) is 10.2 Å². The van der Waals surface area contributed by atoms with E-state index in [4.69, 9.17) is 5.11 Å². The smallest absolute Gasteiger partial charge is 0.230 e. The molecule has 1 aromatic rings. The van der Waals surface area contributed by atoms with Crippen molar-refractivity contribution in [3.05, 3.63) is 35.4 Å². The summed E-state index contributed by atoms with van der Waals surface area (Å²) in [5.74, 6) is -1.51. The number of aliphatic hydroxyl groups is 1. The summed E-state index contributed by atoms with van der Waals surface area (Å²) < 4.78 is 27.2. The van der Waals surface area contributed by atoms with E-state index in [-0.39, 0.29) is 23.5 Å². The molecular weight excluding hydrogens is 288 g/mol. The lowest BCUT2D eigenvalue weighted by atomic mass is 9.63. The highest BCUT2D eigenvalue weighted by Gasteiger charge is 2.47. The van der Waals surface area contributed by atoms with Crippen LogP contribution >= 0.6 is 0 Å². The minimum Gasteiger partial charge on any atom is -0.396 e. The number of halogens is 2. The molecule has 0 saturated heterocycles. The third-order valence-corrected chi connectivity index (χ3v) is 4.60. The maximum Gasteiger partial charge on any atom is 0.230 e. The molecule has 1 aliphatic carbocycles. The minimum absolute atomic E-state index is 0.0562. The third kappa shape index (κ3) is 3.29. The zero-order valence-electron chi connectivity index (χ0n) is 13.1. The largest absolute Gasteiger partial charge is 0.396 e. The van der Waals surface area contributed by atoms with Crippen molar-refractivity contribution >= 4 is 5.91 Å². The zero-order valence-corrected chi connectivity index (χ0v) is 13.1. The number of hydrogen-bond donors (Lipinski definition) is 2. The topological polar surface area (TPSA) is 49.3 Å². The average Bonchev–Trinajstić information content (AvgIpc) is 2.37. The second-order valence-electron chi connectivity index (χ2n) is 6.88. The van der Waals surface area contributed by atoms with Crippen LogP contribution in [0.15, 0.2) is 18.2 Å². The first-order valence-corrected chi connectivity index (χ1v) is 7.65. The molecule has 2 rings (SSSR count). The zero-order chi connectivity index (χ0) is 16.4. The van der Waals surface area contributed by atoms with E-state index in [0.29, 0.717) is 25.8 Å². The lowest BCUT2D eigenvalue weighted by molar-refractivity contribution is -0.130. The van der Waals surface area contributed by atoms with Crippen LogP contribution in [0.5, 0.6) is 0 Å². The fourth-order valence-corrected chi connectivity index (χ4v) is 2.91. The molecule has 0 aromatic heterocycles. The van der Waals surface area contributed by atoms with E-state index >= 15 is 0 Å². The van der Waals surface area contributed by atoms with Crippen molar-refractivity contribution in [1.82, 2.24) is 5.32 Å². The number of hydrogen-bond acceptors (Lipinski definition) is 2. The number of carbonyl (C=O) groups excluding carboxylic acids is 1. The maximum atomic E-state index is 14.1. The van der Waals surface area contributed by atoms with Gasteiger partial charge in [-0.05, 0) is 30.7 Å². The van der Waals surface area contributed by atoms with Gasteiger partial charge in [0.2, 0.25) is 5.91 Å². The van der Waals surface area contributed by atoms with Crippen LogP contribution in [0.25, 0.3) is 0 Å². The molecule has 0 unspecified atom stereocenters. The summed E-state index contributed by atoms with van der Waals surface area (Å²) in [7, 11) is 0. The van der Waals surface area contributed by atoms with E-state index in [1.54, 1.807) is 0 Å². The van der Waals surface area contributed by atoms with Gasteiger partial charge >= 0.3 is 0 Å². The van der Waals surface area contributed by atoms with Crippen LogP contribution in [0.1, 0.15) is 45.1 Å². The van der Waals surface area contributed by atoms with Gasteiger partial charge in [-0.3, -0.25) is 4.79 Å². The molecule has 1 aromatic carbocycles. The van der Waals surface area contributed by atoms with Crippen LogP contribution in [0, 0.1) is 17.0 Å². The molecule has 0 bridgehead atoms. The Morgan fingerprint density at radius 2 is 2.05 bits per heavy atom. The van der Waals surface area contributed by atoms with Gasteiger partial charge in [-0.25, -0.2) is 8.78 Å². The number of rotatable bonds is 6. The normalized spacial score (nSPS) is 17.0. The van der Waals surface area contributed by atoms with Crippen molar-refractivity contribution in [2.24, 2.45) is 5.41 Å². The Balaban J connectivity index is 2.15. The van der Waals surface area contributed by atoms with Crippen LogP contribution in [0.2, 0.25) is 0 Å². The summed E-state index contributed by atoms with van der Waals surface area (Å²) in [5, 5.41) is 11.9. The summed E-state index contributed by atoms with van der Waals surface area (Å²) in [5.41, 5.74) is -0.832. The monoisotopic (exact) mass is 311 g/mol. The number of aliphatic hydroxyl groups excluding tert-OH is 1. The van der Waals surface area contributed by atoms with Crippen LogP contribution in [-0.4, -0.2) is 24.2 Å². The Kier molecular flexibility index (Phi) is 4.85. The number of carbonyl (C=O) groups is 1. The fourth-order valence-electron chi connectivity index (χ4n) is 2.91. The molecule has 122 valence electrons. The summed E-state index contributed by atoms with van der Waals surface area (Å²) >= 11 is 0. The Bertz CT molecular complexity index is 554. The first-order valence-electron chi connectivity index (χ1n) is 7.65. The molecule has 2 N–H and O–H groups in total. The SMILES string of the molecule is CC(C)(CCO)CNC(=O)C1(c2ccc(F)cc2F)CCC1. The van der Waals surface area contributed by atoms with Crippen molar-refractivity contribution in [1.29, 1.82) is 0 Å². The average molecular weight is 311 g/mol. The molecular formula is C17H23F2NO2. The van der Waals surface area contributed by atoms with Crippen molar-refractivity contribution in [2.75, 3.05) is 13.2 Å². The molecule has 1 saturated carbocycles. The molecule has 0 radical (unpaired) electrons. The Morgan fingerprint density at radius 3 is 2.55 bits per heavy atom. The minimum atomic E-state index is -0.882. The van der Waals surface area contributed by atoms with E-state index in [1.165, 1.54) is 12.1 Å². The lowest BCUT2D eigenvalue weighted by Gasteiger charge is -2.41. The molecule has 0 spiro atoms. The van der Waals surface area contributed by atoms with Crippen LogP contribution in [0.3, 0.4) is 0 Å². The molecule has 3 nitrogen and oxygen atoms in total. The summed E-state index contributed by atoms with van der Waals surface area (Å²) in [6.07, 6.45) is 2.57. The highest BCUT2D eigenvalue weighted by molar-refractivity contribution is 5.89. The van der Waals surface area contributed by atoms with E-state index in [9.17, 15) is 13.6 Å². The molecule has 5 heteroatoms. The van der Waals surface area contributed by atoms with Gasteiger partial charge in [-0.2, -0.15) is 0 Å². The third-order valence-electron chi connectivity index (χ3n) is 4.60. The van der Waals surface area contributed by atoms with Crippen molar-refractivity contribution in [2.45, 2.75) is 44.9 Å². The van der Waals surface area contributed by atoms with E-state index in [0.717, 1.165) is 12.5 Å². The second-order valence-corrected chi connectivity index (χ2v) is 6.88. The quantitative estimate of drug-likeness (QED) is 0.848. The van der Waals surface area contributed by atoms with E-state index in [2.05, 4.69) is 5.32 Å². The van der Waals surface area contributed by atoms with Gasteiger partial charge in [-0.15, -0.1) is 0 Å². The first-order chi connectivity index (χ1) is 10.3. The fraction of sp³-hybridized carbons (Fsp3) is 0.588. The highest BCUT2D eigenvalue weighted by atomic mass is 19.1. The van der Waals surface area contributed by atoms with Crippen LogP contribution < -0.4 is 5.32 Å². The highest BCUT2D eigenvalue weighted by Crippen LogP contribution is 2.45. The van der Waals surface area contributed by atoms with Crippen molar-refractivity contribution in [3.63, 3.8) is 0 Å². The van der Waals surface area contributed by atoms with Crippen LogP contribution in [0.4, 0.5) is 8.78 Å². The number of amides is 1. The predicted octanol–water partition coefficient (Wildman–Crippen LogP) is 2.91. The Hall–Kier alpha value is -1.49. The van der Waals surface area contributed by atoms with Gasteiger partial charge in [0.1, 0.15) is 11.6 Å². The predicted molar refractivity (Wildman–Crippen MR) is 80.4 cm³/mol. The maximum absolute atomic E-state index is 14.1. The Morgan fingerprint density at radius 1 is 1.36 bits per heavy atom. The molecule has 0 heterocycles. The number of benzene rings is 1. The van der Waals surface area contributed by atoms with Gasteiger partial charge in [0.25, 0.3) is 0 Å². The van der Waals surface area contributed by atoms with Gasteiger partial charge in [0.05, 0.1) is 5.41 Å². The Labute approximate surface area is 129 Å². The second kappa shape index (κ2) is 6.32. The van der Waals surface area contributed by atoms with Gasteiger partial charge in [0.15, 0.2) is 0 Å².